The zero-order valence-corrected chi connectivity index (χ0v) is 20.9. The summed E-state index contributed by atoms with van der Waals surface area (Å²) in [6.45, 7) is 0. The van der Waals surface area contributed by atoms with Crippen molar-refractivity contribution in [2.24, 2.45) is 0 Å². The first-order valence-corrected chi connectivity index (χ1v) is 11.6. The molecule has 0 unspecified atom stereocenters. The first-order valence-electron chi connectivity index (χ1n) is 10.0. The van der Waals surface area contributed by atoms with Gasteiger partial charge in [0.25, 0.3) is 5.91 Å². The third kappa shape index (κ3) is 4.91. The zero-order valence-electron chi connectivity index (χ0n) is 18.5. The number of carbonyl (C=O) groups is 1. The van der Waals surface area contributed by atoms with Crippen molar-refractivity contribution in [2.45, 2.75) is 0 Å². The molecule has 0 bridgehead atoms. The summed E-state index contributed by atoms with van der Waals surface area (Å²) >= 11 is 13.2. The topological polar surface area (TPSA) is 81.7 Å². The van der Waals surface area contributed by atoms with Crippen LogP contribution in [0.5, 0.6) is 17.2 Å². The van der Waals surface area contributed by atoms with Gasteiger partial charge in [0.05, 0.1) is 37.2 Å². The van der Waals surface area contributed by atoms with Crippen LogP contribution in [-0.2, 0) is 0 Å². The van der Waals surface area contributed by atoms with E-state index in [2.05, 4.69) is 10.6 Å². The SMILES string of the molecule is COc1cc(C(=O)NC(=S)Nc2ccc(Cl)cc2-c2nc3ccccc3s2)cc(OC)c1OC. The number of fused-ring (bicyclic) bond motifs is 1. The first-order chi connectivity index (χ1) is 16.4. The highest BCUT2D eigenvalue weighted by Gasteiger charge is 2.18. The molecule has 0 atom stereocenters. The molecule has 10 heteroatoms. The minimum absolute atomic E-state index is 0.114. The van der Waals surface area contributed by atoms with Crippen molar-refractivity contribution in [2.75, 3.05) is 26.6 Å². The van der Waals surface area contributed by atoms with Crippen LogP contribution in [0.15, 0.2) is 54.6 Å². The Hall–Kier alpha value is -3.40. The normalized spacial score (nSPS) is 10.6. The van der Waals surface area contributed by atoms with Crippen molar-refractivity contribution in [3.05, 3.63) is 65.2 Å². The van der Waals surface area contributed by atoms with Crippen LogP contribution in [0.2, 0.25) is 5.02 Å². The summed E-state index contributed by atoms with van der Waals surface area (Å²) in [6.07, 6.45) is 0. The van der Waals surface area contributed by atoms with E-state index in [4.69, 9.17) is 43.0 Å². The summed E-state index contributed by atoms with van der Waals surface area (Å²) in [5, 5.41) is 7.22. The van der Waals surface area contributed by atoms with E-state index in [1.165, 1.54) is 21.3 Å². The van der Waals surface area contributed by atoms with Gasteiger partial charge in [-0.15, -0.1) is 11.3 Å². The number of ether oxygens (including phenoxy) is 3. The Bertz CT molecular complexity index is 1330. The molecule has 0 fully saturated rings. The van der Waals surface area contributed by atoms with Crippen LogP contribution >= 0.6 is 35.2 Å². The lowest BCUT2D eigenvalue weighted by atomic mass is 10.1. The molecule has 4 aromatic rings. The fourth-order valence-corrected chi connectivity index (χ4v) is 4.70. The van der Waals surface area contributed by atoms with Gasteiger partial charge in [-0.1, -0.05) is 23.7 Å². The van der Waals surface area contributed by atoms with E-state index in [-0.39, 0.29) is 5.11 Å². The number of thiazole rings is 1. The number of rotatable bonds is 6. The van der Waals surface area contributed by atoms with Crippen LogP contribution in [0.4, 0.5) is 5.69 Å². The molecule has 1 aromatic heterocycles. The summed E-state index contributed by atoms with van der Waals surface area (Å²) in [6, 6.07) is 16.3. The Morgan fingerprint density at radius 2 is 1.71 bits per heavy atom. The number of anilines is 1. The van der Waals surface area contributed by atoms with Crippen LogP contribution in [0.1, 0.15) is 10.4 Å². The number of carbonyl (C=O) groups excluding carboxylic acids is 1. The van der Waals surface area contributed by atoms with E-state index < -0.39 is 5.91 Å². The van der Waals surface area contributed by atoms with Crippen molar-refractivity contribution >= 4 is 62.1 Å². The highest BCUT2D eigenvalue weighted by molar-refractivity contribution is 7.80. The predicted octanol–water partition coefficient (Wildman–Crippen LogP) is 5.77. The van der Waals surface area contributed by atoms with Gasteiger partial charge in [-0.3, -0.25) is 10.1 Å². The Morgan fingerprint density at radius 3 is 2.35 bits per heavy atom. The number of thiocarbonyl (C=S) groups is 1. The van der Waals surface area contributed by atoms with Crippen LogP contribution in [0, 0.1) is 0 Å². The van der Waals surface area contributed by atoms with Gasteiger partial charge >= 0.3 is 0 Å². The van der Waals surface area contributed by atoms with Crippen LogP contribution in [0.3, 0.4) is 0 Å². The van der Waals surface area contributed by atoms with Gasteiger partial charge in [0.1, 0.15) is 5.01 Å². The van der Waals surface area contributed by atoms with Crippen molar-refractivity contribution < 1.29 is 19.0 Å². The molecule has 2 N–H and O–H groups in total. The lowest BCUT2D eigenvalue weighted by Crippen LogP contribution is -2.34. The fourth-order valence-electron chi connectivity index (χ4n) is 3.33. The van der Waals surface area contributed by atoms with E-state index in [1.54, 1.807) is 35.6 Å². The number of halogens is 1. The molecule has 174 valence electrons. The second-order valence-corrected chi connectivity index (χ2v) is 8.87. The highest BCUT2D eigenvalue weighted by atomic mass is 35.5. The van der Waals surface area contributed by atoms with Gasteiger partial charge in [-0.05, 0) is 54.7 Å². The van der Waals surface area contributed by atoms with Crippen molar-refractivity contribution in [3.8, 4) is 27.8 Å². The van der Waals surface area contributed by atoms with Crippen molar-refractivity contribution in [1.29, 1.82) is 0 Å². The molecule has 0 saturated heterocycles. The third-order valence-corrected chi connectivity index (χ3v) is 6.42. The largest absolute Gasteiger partial charge is 0.493 e. The third-order valence-electron chi connectivity index (χ3n) is 4.91. The quantitative estimate of drug-likeness (QED) is 0.317. The number of nitrogens with zero attached hydrogens (tertiary/aromatic N) is 1. The maximum Gasteiger partial charge on any atom is 0.257 e. The molecule has 0 saturated carbocycles. The van der Waals surface area contributed by atoms with Crippen LogP contribution in [0.25, 0.3) is 20.8 Å². The van der Waals surface area contributed by atoms with Gasteiger partial charge in [0.15, 0.2) is 16.6 Å². The summed E-state index contributed by atoms with van der Waals surface area (Å²) in [7, 11) is 4.46. The van der Waals surface area contributed by atoms with E-state index >= 15 is 0 Å². The number of nitrogens with one attached hydrogen (secondary N) is 2. The molecule has 1 heterocycles. The fraction of sp³-hybridized carbons (Fsp3) is 0.125. The summed E-state index contributed by atoms with van der Waals surface area (Å²) in [5.74, 6) is 0.680. The Kier molecular flexibility index (Phi) is 7.16. The molecule has 4 rings (SSSR count). The van der Waals surface area contributed by atoms with E-state index in [1.807, 2.05) is 30.3 Å². The summed E-state index contributed by atoms with van der Waals surface area (Å²) < 4.78 is 17.0. The highest BCUT2D eigenvalue weighted by Crippen LogP contribution is 2.38. The van der Waals surface area contributed by atoms with Crippen LogP contribution < -0.4 is 24.8 Å². The minimum Gasteiger partial charge on any atom is -0.493 e. The number of aromatic nitrogens is 1. The molecule has 0 radical (unpaired) electrons. The summed E-state index contributed by atoms with van der Waals surface area (Å²) in [4.78, 5) is 17.6. The number of amides is 1. The van der Waals surface area contributed by atoms with Gasteiger partial charge < -0.3 is 19.5 Å². The average molecular weight is 514 g/mol. The lowest BCUT2D eigenvalue weighted by Gasteiger charge is -2.15. The summed E-state index contributed by atoms with van der Waals surface area (Å²) in [5.41, 5.74) is 2.63. The van der Waals surface area contributed by atoms with Gasteiger partial charge in [-0.25, -0.2) is 4.98 Å². The molecule has 3 aromatic carbocycles. The smallest absolute Gasteiger partial charge is 0.257 e. The molecule has 1 amide bonds. The molecule has 0 spiro atoms. The molecular weight excluding hydrogens is 494 g/mol. The molecule has 0 aliphatic carbocycles. The molecule has 34 heavy (non-hydrogen) atoms. The monoisotopic (exact) mass is 513 g/mol. The lowest BCUT2D eigenvalue weighted by molar-refractivity contribution is 0.0977. The number of hydrogen-bond acceptors (Lipinski definition) is 7. The minimum atomic E-state index is -0.438. The number of para-hydroxylation sites is 1. The van der Waals surface area contributed by atoms with E-state index in [0.29, 0.717) is 33.5 Å². The van der Waals surface area contributed by atoms with E-state index in [0.717, 1.165) is 20.8 Å². The number of hydrogen-bond donors (Lipinski definition) is 2. The average Bonchev–Trinajstić information content (AvgIpc) is 3.28. The van der Waals surface area contributed by atoms with Gasteiger partial charge in [0, 0.05) is 16.1 Å². The number of methoxy groups -OCH3 is 3. The van der Waals surface area contributed by atoms with Crippen LogP contribution in [-0.4, -0.2) is 37.3 Å². The molecular formula is C24H20ClN3O4S2. The standard InChI is InChI=1S/C24H20ClN3O4S2/c1-30-18-10-13(11-19(31-2)21(18)32-3)22(29)28-24(33)27-16-9-8-14(25)12-15(16)23-26-17-6-4-5-7-20(17)34-23/h4-12H,1-3H3,(H2,27,28,29,33). The van der Waals surface area contributed by atoms with Gasteiger partial charge in [0.2, 0.25) is 5.75 Å². The van der Waals surface area contributed by atoms with E-state index in [9.17, 15) is 4.79 Å². The predicted molar refractivity (Wildman–Crippen MR) is 140 cm³/mol. The second kappa shape index (κ2) is 10.3. The first kappa shape index (κ1) is 23.7. The van der Waals surface area contributed by atoms with Crippen molar-refractivity contribution in [3.63, 3.8) is 0 Å². The Balaban J connectivity index is 1.58. The number of benzene rings is 3. The van der Waals surface area contributed by atoms with Crippen molar-refractivity contribution in [1.82, 2.24) is 10.3 Å². The second-order valence-electron chi connectivity index (χ2n) is 7.00. The van der Waals surface area contributed by atoms with Gasteiger partial charge in [-0.2, -0.15) is 0 Å². The Labute approximate surface area is 210 Å². The zero-order chi connectivity index (χ0) is 24.2. The Morgan fingerprint density at radius 1 is 1.00 bits per heavy atom. The maximum absolute atomic E-state index is 12.9. The maximum atomic E-state index is 12.9. The molecule has 0 aliphatic rings. The molecule has 0 aliphatic heterocycles. The molecule has 7 nitrogen and oxygen atoms in total.